The molecular formula is C18H18ClN5OS. The van der Waals surface area contributed by atoms with Gasteiger partial charge in [0.2, 0.25) is 5.91 Å². The predicted octanol–water partition coefficient (Wildman–Crippen LogP) is 3.11. The Kier molecular flexibility index (Phi) is 5.01. The standard InChI is InChI=1S/C18H18ClN5OS/c19-14-3-1-2-4-15(14)22-16(25)11-23-6-8-24(9-7-23)17-13-5-10-26-18(13)21-12-20-17/h1-5,10,12H,6-9,11H2,(H,22,25). The van der Waals surface area contributed by atoms with Crippen molar-refractivity contribution in [1.29, 1.82) is 0 Å². The predicted molar refractivity (Wildman–Crippen MR) is 106 cm³/mol. The van der Waals surface area contributed by atoms with Crippen LogP contribution in [0.2, 0.25) is 5.02 Å². The van der Waals surface area contributed by atoms with Crippen LogP contribution in [0.25, 0.3) is 10.2 Å². The van der Waals surface area contributed by atoms with Gasteiger partial charge in [0.15, 0.2) is 0 Å². The Bertz CT molecular complexity index is 923. The van der Waals surface area contributed by atoms with Crippen molar-refractivity contribution < 1.29 is 4.79 Å². The molecule has 26 heavy (non-hydrogen) atoms. The average Bonchev–Trinajstić information content (AvgIpc) is 3.13. The Morgan fingerprint density at radius 1 is 1.15 bits per heavy atom. The number of hydrogen-bond donors (Lipinski definition) is 1. The van der Waals surface area contributed by atoms with Gasteiger partial charge in [-0.25, -0.2) is 9.97 Å². The molecule has 6 nitrogen and oxygen atoms in total. The smallest absolute Gasteiger partial charge is 0.238 e. The zero-order chi connectivity index (χ0) is 17.9. The number of nitrogens with zero attached hydrogens (tertiary/aromatic N) is 4. The van der Waals surface area contributed by atoms with E-state index >= 15 is 0 Å². The summed E-state index contributed by atoms with van der Waals surface area (Å²) in [4.78, 5) is 26.5. The quantitative estimate of drug-likeness (QED) is 0.745. The first-order valence-corrected chi connectivity index (χ1v) is 9.66. The van der Waals surface area contributed by atoms with E-state index in [4.69, 9.17) is 11.6 Å². The highest BCUT2D eigenvalue weighted by Gasteiger charge is 2.21. The molecule has 3 aromatic rings. The first-order chi connectivity index (χ1) is 12.7. The number of benzene rings is 1. The largest absolute Gasteiger partial charge is 0.353 e. The highest BCUT2D eigenvalue weighted by molar-refractivity contribution is 7.16. The third-order valence-corrected chi connectivity index (χ3v) is 5.58. The second kappa shape index (κ2) is 7.57. The van der Waals surface area contributed by atoms with Crippen LogP contribution in [0.5, 0.6) is 0 Å². The molecule has 1 aliphatic rings. The molecule has 1 aliphatic heterocycles. The first-order valence-electron chi connectivity index (χ1n) is 8.40. The minimum atomic E-state index is -0.0474. The Morgan fingerprint density at radius 3 is 2.77 bits per heavy atom. The van der Waals surface area contributed by atoms with Gasteiger partial charge in [0.25, 0.3) is 0 Å². The van der Waals surface area contributed by atoms with Crippen LogP contribution in [0.4, 0.5) is 11.5 Å². The molecule has 0 aliphatic carbocycles. The van der Waals surface area contributed by atoms with E-state index in [1.807, 2.05) is 17.5 Å². The number of thiophene rings is 1. The number of amides is 1. The number of aromatic nitrogens is 2. The summed E-state index contributed by atoms with van der Waals surface area (Å²) in [5, 5.41) is 6.57. The molecule has 1 fully saturated rings. The van der Waals surface area contributed by atoms with E-state index in [9.17, 15) is 4.79 Å². The van der Waals surface area contributed by atoms with E-state index in [1.54, 1.807) is 29.8 Å². The molecule has 1 N–H and O–H groups in total. The van der Waals surface area contributed by atoms with Crippen LogP contribution >= 0.6 is 22.9 Å². The third kappa shape index (κ3) is 3.65. The highest BCUT2D eigenvalue weighted by atomic mass is 35.5. The number of piperazine rings is 1. The minimum absolute atomic E-state index is 0.0474. The molecule has 1 saturated heterocycles. The summed E-state index contributed by atoms with van der Waals surface area (Å²) >= 11 is 7.71. The van der Waals surface area contributed by atoms with E-state index in [2.05, 4.69) is 31.2 Å². The molecule has 2 aromatic heterocycles. The van der Waals surface area contributed by atoms with Crippen LogP contribution in [0.3, 0.4) is 0 Å². The summed E-state index contributed by atoms with van der Waals surface area (Å²) < 4.78 is 0. The maximum Gasteiger partial charge on any atom is 0.238 e. The van der Waals surface area contributed by atoms with Crippen molar-refractivity contribution in [2.75, 3.05) is 42.9 Å². The van der Waals surface area contributed by atoms with Gasteiger partial charge in [-0.05, 0) is 23.6 Å². The Morgan fingerprint density at radius 2 is 1.96 bits per heavy atom. The Labute approximate surface area is 160 Å². The zero-order valence-electron chi connectivity index (χ0n) is 14.1. The lowest BCUT2D eigenvalue weighted by Crippen LogP contribution is -2.49. The zero-order valence-corrected chi connectivity index (χ0v) is 15.6. The molecule has 0 spiro atoms. The normalized spacial score (nSPS) is 15.3. The van der Waals surface area contributed by atoms with Crippen molar-refractivity contribution in [3.05, 3.63) is 47.1 Å². The van der Waals surface area contributed by atoms with Crippen molar-refractivity contribution in [2.45, 2.75) is 0 Å². The maximum atomic E-state index is 12.3. The fourth-order valence-electron chi connectivity index (χ4n) is 3.10. The summed E-state index contributed by atoms with van der Waals surface area (Å²) in [6.45, 7) is 3.65. The number of nitrogens with one attached hydrogen (secondary N) is 1. The molecule has 0 radical (unpaired) electrons. The number of hydrogen-bond acceptors (Lipinski definition) is 6. The van der Waals surface area contributed by atoms with E-state index < -0.39 is 0 Å². The van der Waals surface area contributed by atoms with Gasteiger partial charge in [-0.2, -0.15) is 0 Å². The number of para-hydroxylation sites is 1. The molecule has 0 bridgehead atoms. The monoisotopic (exact) mass is 387 g/mol. The van der Waals surface area contributed by atoms with Gasteiger partial charge >= 0.3 is 0 Å². The third-order valence-electron chi connectivity index (χ3n) is 4.43. The topological polar surface area (TPSA) is 61.4 Å². The summed E-state index contributed by atoms with van der Waals surface area (Å²) in [7, 11) is 0. The van der Waals surface area contributed by atoms with E-state index in [0.29, 0.717) is 17.3 Å². The molecule has 4 rings (SSSR count). The van der Waals surface area contributed by atoms with Crippen LogP contribution in [0.15, 0.2) is 42.0 Å². The molecule has 3 heterocycles. The summed E-state index contributed by atoms with van der Waals surface area (Å²) in [6.07, 6.45) is 1.62. The number of carbonyl (C=O) groups is 1. The lowest BCUT2D eigenvalue weighted by Gasteiger charge is -2.35. The average molecular weight is 388 g/mol. The summed E-state index contributed by atoms with van der Waals surface area (Å²) in [5.41, 5.74) is 0.652. The van der Waals surface area contributed by atoms with Crippen molar-refractivity contribution in [2.24, 2.45) is 0 Å². The maximum absolute atomic E-state index is 12.3. The lowest BCUT2D eigenvalue weighted by atomic mass is 10.2. The molecule has 1 aromatic carbocycles. The second-order valence-electron chi connectivity index (χ2n) is 6.13. The number of carbonyl (C=O) groups excluding carboxylic acids is 1. The number of halogens is 1. The molecule has 1 amide bonds. The number of rotatable bonds is 4. The molecule has 0 saturated carbocycles. The Balaban J connectivity index is 1.34. The molecule has 0 unspecified atom stereocenters. The minimum Gasteiger partial charge on any atom is -0.353 e. The molecule has 0 atom stereocenters. The second-order valence-corrected chi connectivity index (χ2v) is 7.43. The summed E-state index contributed by atoms with van der Waals surface area (Å²) in [6, 6.07) is 9.34. The van der Waals surface area contributed by atoms with Crippen LogP contribution < -0.4 is 10.2 Å². The fourth-order valence-corrected chi connectivity index (χ4v) is 4.01. The number of anilines is 2. The van der Waals surface area contributed by atoms with E-state index in [0.717, 1.165) is 42.2 Å². The van der Waals surface area contributed by atoms with Gasteiger partial charge in [0, 0.05) is 26.2 Å². The van der Waals surface area contributed by atoms with E-state index in [-0.39, 0.29) is 5.91 Å². The van der Waals surface area contributed by atoms with Gasteiger partial charge in [-0.1, -0.05) is 23.7 Å². The van der Waals surface area contributed by atoms with Crippen LogP contribution in [0.1, 0.15) is 0 Å². The van der Waals surface area contributed by atoms with Gasteiger partial charge in [-0.3, -0.25) is 9.69 Å². The highest BCUT2D eigenvalue weighted by Crippen LogP contribution is 2.27. The van der Waals surface area contributed by atoms with Crippen molar-refractivity contribution >= 4 is 50.6 Å². The van der Waals surface area contributed by atoms with Crippen molar-refractivity contribution in [3.63, 3.8) is 0 Å². The van der Waals surface area contributed by atoms with Gasteiger partial charge in [0.1, 0.15) is 17.0 Å². The van der Waals surface area contributed by atoms with Crippen molar-refractivity contribution in [1.82, 2.24) is 14.9 Å². The van der Waals surface area contributed by atoms with Gasteiger partial charge < -0.3 is 10.2 Å². The van der Waals surface area contributed by atoms with Crippen LogP contribution in [-0.4, -0.2) is 53.5 Å². The van der Waals surface area contributed by atoms with Crippen LogP contribution in [-0.2, 0) is 4.79 Å². The summed E-state index contributed by atoms with van der Waals surface area (Å²) in [5.74, 6) is 0.935. The van der Waals surface area contributed by atoms with Crippen molar-refractivity contribution in [3.8, 4) is 0 Å². The molecule has 8 heteroatoms. The van der Waals surface area contributed by atoms with Gasteiger partial charge in [0.05, 0.1) is 22.6 Å². The fraction of sp³-hybridized carbons (Fsp3) is 0.278. The van der Waals surface area contributed by atoms with Gasteiger partial charge in [-0.15, -0.1) is 11.3 Å². The number of fused-ring (bicyclic) bond motifs is 1. The molecule has 134 valence electrons. The van der Waals surface area contributed by atoms with Crippen LogP contribution in [0, 0.1) is 0 Å². The first kappa shape index (κ1) is 17.2. The Hall–Kier alpha value is -2.22. The molecular weight excluding hydrogens is 370 g/mol. The SMILES string of the molecule is O=C(CN1CCN(c2ncnc3sccc23)CC1)Nc1ccccc1Cl. The lowest BCUT2D eigenvalue weighted by molar-refractivity contribution is -0.117. The van der Waals surface area contributed by atoms with E-state index in [1.165, 1.54) is 0 Å².